The second-order valence-corrected chi connectivity index (χ2v) is 9.15. The summed E-state index contributed by atoms with van der Waals surface area (Å²) < 4.78 is 0. The molecule has 2 aliphatic rings. The summed E-state index contributed by atoms with van der Waals surface area (Å²) >= 11 is 0. The van der Waals surface area contributed by atoms with Crippen molar-refractivity contribution in [3.8, 4) is 11.4 Å². The molecule has 0 unspecified atom stereocenters. The lowest BCUT2D eigenvalue weighted by Gasteiger charge is -2.43. The Morgan fingerprint density at radius 1 is 1.11 bits per heavy atom. The fourth-order valence-corrected chi connectivity index (χ4v) is 5.17. The highest BCUT2D eigenvalue weighted by Crippen LogP contribution is 2.40. The van der Waals surface area contributed by atoms with Crippen molar-refractivity contribution in [2.45, 2.75) is 57.7 Å². The number of likely N-dealkylation sites (N-methyl/N-ethyl adjacent to an activating group) is 1. The molecule has 35 heavy (non-hydrogen) atoms. The first-order chi connectivity index (χ1) is 17.1. The van der Waals surface area contributed by atoms with Crippen molar-refractivity contribution in [3.63, 3.8) is 0 Å². The van der Waals surface area contributed by atoms with Gasteiger partial charge in [0.1, 0.15) is 11.7 Å². The van der Waals surface area contributed by atoms with Crippen LogP contribution >= 0.6 is 0 Å². The number of carbonyl (C=O) groups is 2. The molecule has 3 heterocycles. The van der Waals surface area contributed by atoms with E-state index in [0.29, 0.717) is 24.0 Å². The summed E-state index contributed by atoms with van der Waals surface area (Å²) in [6, 6.07) is 11.1. The lowest BCUT2D eigenvalue weighted by Crippen LogP contribution is -2.55. The van der Waals surface area contributed by atoms with Gasteiger partial charge in [-0.2, -0.15) is 0 Å². The van der Waals surface area contributed by atoms with Crippen LogP contribution in [0.5, 0.6) is 0 Å². The van der Waals surface area contributed by atoms with Crippen molar-refractivity contribution in [2.75, 3.05) is 16.8 Å². The van der Waals surface area contributed by atoms with E-state index >= 15 is 0 Å². The van der Waals surface area contributed by atoms with E-state index in [1.807, 2.05) is 24.3 Å². The number of hydrogen-bond donors (Lipinski definition) is 1. The van der Waals surface area contributed by atoms with E-state index in [9.17, 15) is 9.59 Å². The smallest absolute Gasteiger partial charge is 0.251 e. The van der Waals surface area contributed by atoms with Crippen LogP contribution in [0.3, 0.4) is 0 Å². The van der Waals surface area contributed by atoms with Gasteiger partial charge in [0.05, 0.1) is 6.20 Å². The van der Waals surface area contributed by atoms with E-state index in [2.05, 4.69) is 27.1 Å². The number of nitrogens with one attached hydrogen (secondary N) is 1. The number of rotatable bonds is 6. The van der Waals surface area contributed by atoms with Crippen LogP contribution in [-0.2, 0) is 11.3 Å². The highest BCUT2D eigenvalue weighted by Gasteiger charge is 2.41. The Balaban J connectivity index is 1.49. The molecule has 0 bridgehead atoms. The van der Waals surface area contributed by atoms with E-state index < -0.39 is 0 Å². The zero-order valence-electron chi connectivity index (χ0n) is 20.1. The molecule has 1 aliphatic heterocycles. The van der Waals surface area contributed by atoms with Crippen LogP contribution in [0.25, 0.3) is 11.4 Å². The van der Waals surface area contributed by atoms with Gasteiger partial charge >= 0.3 is 0 Å². The molecule has 0 saturated heterocycles. The average Bonchev–Trinajstić information content (AvgIpc) is 3.44. The summed E-state index contributed by atoms with van der Waals surface area (Å²) in [5.74, 6) is 1.32. The van der Waals surface area contributed by atoms with Crippen LogP contribution < -0.4 is 15.1 Å². The van der Waals surface area contributed by atoms with Gasteiger partial charge in [0.2, 0.25) is 5.91 Å². The van der Waals surface area contributed by atoms with Gasteiger partial charge in [-0.25, -0.2) is 9.97 Å². The zero-order valence-corrected chi connectivity index (χ0v) is 20.1. The van der Waals surface area contributed by atoms with E-state index in [1.165, 1.54) is 12.8 Å². The number of aromatic nitrogens is 3. The molecule has 1 saturated carbocycles. The summed E-state index contributed by atoms with van der Waals surface area (Å²) in [4.78, 5) is 43.6. The molecule has 1 N–H and O–H groups in total. The molecule has 0 spiro atoms. The van der Waals surface area contributed by atoms with Crippen LogP contribution in [0.4, 0.5) is 11.5 Å². The van der Waals surface area contributed by atoms with Gasteiger partial charge in [-0.15, -0.1) is 0 Å². The first-order valence-electron chi connectivity index (χ1n) is 12.3. The second-order valence-electron chi connectivity index (χ2n) is 9.15. The van der Waals surface area contributed by atoms with Crippen LogP contribution in [0, 0.1) is 0 Å². The molecular formula is C27H30N6O2. The van der Waals surface area contributed by atoms with Crippen molar-refractivity contribution in [1.82, 2.24) is 20.3 Å². The standard InChI is InChI=1S/C27H30N6O2/c1-3-22-27(35)32(2)23-17-29-24(31-25(23)33(22)20-11-7-8-12-20)21-13-14-28-15-19(21)16-30-26(34)18-9-5-4-6-10-18/h4-6,9-10,13-15,17,20,22H,3,7-8,11-12,16H2,1-2H3,(H,30,34)/t22-/m1/s1. The molecule has 180 valence electrons. The molecule has 1 atom stereocenters. The monoisotopic (exact) mass is 470 g/mol. The number of benzene rings is 1. The van der Waals surface area contributed by atoms with Crippen molar-refractivity contribution in [3.05, 3.63) is 66.1 Å². The van der Waals surface area contributed by atoms with Crippen molar-refractivity contribution >= 4 is 23.3 Å². The fraction of sp³-hybridized carbons (Fsp3) is 0.370. The number of amides is 2. The summed E-state index contributed by atoms with van der Waals surface area (Å²) in [5.41, 5.74) is 2.99. The summed E-state index contributed by atoms with van der Waals surface area (Å²) in [7, 11) is 1.80. The van der Waals surface area contributed by atoms with Gasteiger partial charge in [-0.3, -0.25) is 14.6 Å². The van der Waals surface area contributed by atoms with Crippen LogP contribution in [-0.4, -0.2) is 45.9 Å². The largest absolute Gasteiger partial charge is 0.348 e. The lowest BCUT2D eigenvalue weighted by molar-refractivity contribution is -0.120. The predicted molar refractivity (Wildman–Crippen MR) is 135 cm³/mol. The number of nitrogens with zero attached hydrogens (tertiary/aromatic N) is 5. The number of pyridine rings is 1. The topological polar surface area (TPSA) is 91.3 Å². The first-order valence-corrected chi connectivity index (χ1v) is 12.3. The van der Waals surface area contributed by atoms with Crippen molar-refractivity contribution < 1.29 is 9.59 Å². The Morgan fingerprint density at radius 2 is 1.89 bits per heavy atom. The molecule has 8 heteroatoms. The minimum Gasteiger partial charge on any atom is -0.348 e. The Kier molecular flexibility index (Phi) is 6.44. The maximum atomic E-state index is 13.1. The lowest BCUT2D eigenvalue weighted by atomic mass is 10.0. The molecule has 5 rings (SSSR count). The Morgan fingerprint density at radius 3 is 2.63 bits per heavy atom. The Hall–Kier alpha value is -3.81. The average molecular weight is 471 g/mol. The molecule has 2 aromatic heterocycles. The summed E-state index contributed by atoms with van der Waals surface area (Å²) in [6.07, 6.45) is 10.4. The number of carbonyl (C=O) groups excluding carboxylic acids is 2. The van der Waals surface area contributed by atoms with E-state index in [0.717, 1.165) is 41.9 Å². The SMILES string of the molecule is CC[C@@H]1C(=O)N(C)c2cnc(-c3ccncc3CNC(=O)c3ccccc3)nc2N1C1CCCC1. The van der Waals surface area contributed by atoms with Gasteiger partial charge < -0.3 is 15.1 Å². The van der Waals surface area contributed by atoms with Crippen LogP contribution in [0.15, 0.2) is 55.0 Å². The molecular weight excluding hydrogens is 440 g/mol. The molecule has 2 amide bonds. The first kappa shape index (κ1) is 23.0. The highest BCUT2D eigenvalue weighted by atomic mass is 16.2. The van der Waals surface area contributed by atoms with E-state index in [-0.39, 0.29) is 17.9 Å². The van der Waals surface area contributed by atoms with Gasteiger partial charge in [0.15, 0.2) is 11.6 Å². The number of fused-ring (bicyclic) bond motifs is 1. The maximum absolute atomic E-state index is 13.1. The minimum absolute atomic E-state index is 0.0940. The van der Waals surface area contributed by atoms with Crippen molar-refractivity contribution in [2.24, 2.45) is 0 Å². The van der Waals surface area contributed by atoms with Gasteiger partial charge in [-0.1, -0.05) is 38.0 Å². The minimum atomic E-state index is -0.222. The third-order valence-electron chi connectivity index (χ3n) is 7.03. The highest BCUT2D eigenvalue weighted by molar-refractivity contribution is 6.04. The molecule has 8 nitrogen and oxygen atoms in total. The van der Waals surface area contributed by atoms with Gasteiger partial charge in [-0.05, 0) is 37.5 Å². The van der Waals surface area contributed by atoms with Crippen LogP contribution in [0.1, 0.15) is 54.9 Å². The number of anilines is 2. The van der Waals surface area contributed by atoms with Crippen LogP contribution in [0.2, 0.25) is 0 Å². The van der Waals surface area contributed by atoms with Gasteiger partial charge in [0, 0.05) is 48.7 Å². The third-order valence-corrected chi connectivity index (χ3v) is 7.03. The molecule has 0 radical (unpaired) electrons. The second kappa shape index (κ2) is 9.82. The number of hydrogen-bond acceptors (Lipinski definition) is 6. The summed E-state index contributed by atoms with van der Waals surface area (Å²) in [5, 5.41) is 2.97. The predicted octanol–water partition coefficient (Wildman–Crippen LogP) is 3.97. The van der Waals surface area contributed by atoms with E-state index in [4.69, 9.17) is 4.98 Å². The fourth-order valence-electron chi connectivity index (χ4n) is 5.17. The van der Waals surface area contributed by atoms with E-state index in [1.54, 1.807) is 42.7 Å². The normalized spacial score (nSPS) is 18.0. The molecule has 1 aromatic carbocycles. The quantitative estimate of drug-likeness (QED) is 0.586. The maximum Gasteiger partial charge on any atom is 0.251 e. The molecule has 3 aromatic rings. The zero-order chi connectivity index (χ0) is 24.4. The Labute approximate surface area is 205 Å². The van der Waals surface area contributed by atoms with Gasteiger partial charge in [0.25, 0.3) is 5.91 Å². The molecule has 1 fully saturated rings. The summed E-state index contributed by atoms with van der Waals surface area (Å²) in [6.45, 7) is 2.36. The Bertz CT molecular complexity index is 1230. The third kappa shape index (κ3) is 4.36. The molecule has 1 aliphatic carbocycles. The van der Waals surface area contributed by atoms with Crippen molar-refractivity contribution in [1.29, 1.82) is 0 Å².